The van der Waals surface area contributed by atoms with Gasteiger partial charge in [0.25, 0.3) is 0 Å². The average Bonchev–Trinajstić information content (AvgIpc) is 2.92. The van der Waals surface area contributed by atoms with Crippen molar-refractivity contribution in [1.82, 2.24) is 0 Å². The summed E-state index contributed by atoms with van der Waals surface area (Å²) in [5, 5.41) is 9.64. The van der Waals surface area contributed by atoms with Gasteiger partial charge in [0.1, 0.15) is 23.7 Å². The van der Waals surface area contributed by atoms with Gasteiger partial charge in [-0.1, -0.05) is 31.0 Å². The van der Waals surface area contributed by atoms with E-state index in [2.05, 4.69) is 20.8 Å². The molecule has 4 nitrogen and oxygen atoms in total. The maximum Gasteiger partial charge on any atom is 0.303 e. The summed E-state index contributed by atoms with van der Waals surface area (Å²) in [6.07, 6.45) is 3.40. The van der Waals surface area contributed by atoms with Crippen LogP contribution in [-0.2, 0) is 30.7 Å². The number of halogens is 1. The van der Waals surface area contributed by atoms with Crippen molar-refractivity contribution in [2.24, 2.45) is 0 Å². The molecule has 0 unspecified atom stereocenters. The van der Waals surface area contributed by atoms with E-state index >= 15 is 0 Å². The largest absolute Gasteiger partial charge is 0.489 e. The van der Waals surface area contributed by atoms with Gasteiger partial charge in [0.15, 0.2) is 0 Å². The minimum Gasteiger partial charge on any atom is -0.489 e. The quantitative estimate of drug-likeness (QED) is 0.624. The first-order chi connectivity index (χ1) is 13.3. The molecule has 1 heterocycles. The van der Waals surface area contributed by atoms with Gasteiger partial charge in [-0.15, -0.1) is 0 Å². The predicted octanol–water partition coefficient (Wildman–Crippen LogP) is 5.60. The number of fused-ring (bicyclic) bond motifs is 1. The Labute approximate surface area is 171 Å². The number of hydrogen-bond donors (Lipinski definition) is 1. The van der Waals surface area contributed by atoms with Crippen molar-refractivity contribution in [2.45, 2.75) is 65.1 Å². The maximum atomic E-state index is 10.9. The van der Waals surface area contributed by atoms with E-state index in [4.69, 9.17) is 26.2 Å². The van der Waals surface area contributed by atoms with Crippen molar-refractivity contribution in [3.8, 4) is 11.5 Å². The molecule has 1 N–H and O–H groups in total. The molecular weight excluding hydrogens is 376 g/mol. The number of carboxylic acids is 1. The van der Waals surface area contributed by atoms with E-state index in [0.717, 1.165) is 53.0 Å². The summed E-state index contributed by atoms with van der Waals surface area (Å²) in [5.74, 6) is 0.871. The first-order valence-electron chi connectivity index (χ1n) is 9.74. The number of aryl methyl sites for hydroxylation is 2. The number of rotatable bonds is 8. The highest BCUT2D eigenvalue weighted by atomic mass is 35.5. The zero-order valence-corrected chi connectivity index (χ0v) is 17.4. The molecule has 0 radical (unpaired) electrons. The van der Waals surface area contributed by atoms with E-state index in [1.165, 1.54) is 0 Å². The molecule has 1 aliphatic heterocycles. The lowest BCUT2D eigenvalue weighted by Crippen LogP contribution is -2.25. The van der Waals surface area contributed by atoms with Gasteiger partial charge in [-0.2, -0.15) is 0 Å². The smallest absolute Gasteiger partial charge is 0.303 e. The van der Waals surface area contributed by atoms with E-state index in [0.29, 0.717) is 18.1 Å². The molecule has 2 aromatic carbocycles. The minimum atomic E-state index is -0.777. The van der Waals surface area contributed by atoms with Crippen LogP contribution in [0.4, 0.5) is 0 Å². The van der Waals surface area contributed by atoms with Crippen LogP contribution in [0.15, 0.2) is 30.3 Å². The van der Waals surface area contributed by atoms with Crippen LogP contribution in [0.1, 0.15) is 55.9 Å². The number of hydrogen-bond acceptors (Lipinski definition) is 3. The molecule has 0 aromatic heterocycles. The molecule has 0 amide bonds. The fraction of sp³-hybridized carbons (Fsp3) is 0.435. The summed E-state index contributed by atoms with van der Waals surface area (Å²) >= 11 is 6.29. The van der Waals surface area contributed by atoms with Crippen molar-refractivity contribution < 1.29 is 19.4 Å². The zero-order valence-electron chi connectivity index (χ0n) is 16.7. The molecule has 5 heteroatoms. The Hall–Kier alpha value is -2.20. The van der Waals surface area contributed by atoms with Crippen LogP contribution in [0.25, 0.3) is 0 Å². The van der Waals surface area contributed by atoms with Gasteiger partial charge in [-0.05, 0) is 67.6 Å². The fourth-order valence-electron chi connectivity index (χ4n) is 3.69. The molecule has 0 spiro atoms. The van der Waals surface area contributed by atoms with Crippen LogP contribution in [0.5, 0.6) is 11.5 Å². The Morgan fingerprint density at radius 2 is 1.96 bits per heavy atom. The van der Waals surface area contributed by atoms with Crippen molar-refractivity contribution in [1.29, 1.82) is 0 Å². The lowest BCUT2D eigenvalue weighted by molar-refractivity contribution is -0.136. The van der Waals surface area contributed by atoms with E-state index in [9.17, 15) is 4.79 Å². The summed E-state index contributed by atoms with van der Waals surface area (Å²) in [4.78, 5) is 10.9. The molecule has 3 rings (SSSR count). The summed E-state index contributed by atoms with van der Waals surface area (Å²) in [6.45, 7) is 6.62. The van der Waals surface area contributed by atoms with Gasteiger partial charge in [-0.25, -0.2) is 0 Å². The number of carboxylic acid groups (broad SMARTS) is 1. The number of benzene rings is 2. The lowest BCUT2D eigenvalue weighted by Gasteiger charge is -2.18. The third kappa shape index (κ3) is 4.99. The first-order valence-corrected chi connectivity index (χ1v) is 10.1. The Bertz CT molecular complexity index is 873. The maximum absolute atomic E-state index is 10.9. The van der Waals surface area contributed by atoms with E-state index < -0.39 is 5.97 Å². The fourth-order valence-corrected chi connectivity index (χ4v) is 3.96. The molecule has 0 saturated carbocycles. The summed E-state index contributed by atoms with van der Waals surface area (Å²) in [5.41, 5.74) is 4.05. The molecule has 150 valence electrons. The molecule has 0 bridgehead atoms. The molecular formula is C23H27ClO4. The van der Waals surface area contributed by atoms with Crippen molar-refractivity contribution in [3.63, 3.8) is 0 Å². The van der Waals surface area contributed by atoms with Crippen LogP contribution in [0.2, 0.25) is 5.02 Å². The van der Waals surface area contributed by atoms with Gasteiger partial charge in [-0.3, -0.25) is 4.79 Å². The summed E-state index contributed by atoms with van der Waals surface area (Å²) < 4.78 is 12.2. The van der Waals surface area contributed by atoms with Crippen LogP contribution >= 0.6 is 11.6 Å². The molecule has 0 saturated heterocycles. The predicted molar refractivity (Wildman–Crippen MR) is 111 cm³/mol. The lowest BCUT2D eigenvalue weighted by atomic mass is 9.99. The standard InChI is InChI=1S/C23H27ClO4/c1-4-5-16-12-20(8-6-15(16)7-9-21(25)26)27-14-18-11-19(24)10-17-13-23(2,3)28-22(17)18/h6,8,10-12H,4-5,7,9,13-14H2,1-3H3,(H,25,26). The minimum absolute atomic E-state index is 0.138. The van der Waals surface area contributed by atoms with Crippen LogP contribution in [-0.4, -0.2) is 16.7 Å². The Balaban J connectivity index is 1.77. The zero-order chi connectivity index (χ0) is 20.3. The Morgan fingerprint density at radius 3 is 2.68 bits per heavy atom. The van der Waals surface area contributed by atoms with E-state index in [-0.39, 0.29) is 12.0 Å². The first kappa shape index (κ1) is 20.5. The number of carbonyl (C=O) groups is 1. The molecule has 0 aliphatic carbocycles. The summed E-state index contributed by atoms with van der Waals surface area (Å²) in [7, 11) is 0. The van der Waals surface area contributed by atoms with Crippen molar-refractivity contribution >= 4 is 17.6 Å². The third-order valence-corrected chi connectivity index (χ3v) is 5.12. The Morgan fingerprint density at radius 1 is 1.18 bits per heavy atom. The van der Waals surface area contributed by atoms with Crippen LogP contribution < -0.4 is 9.47 Å². The molecule has 28 heavy (non-hydrogen) atoms. The monoisotopic (exact) mass is 402 g/mol. The molecule has 1 aliphatic rings. The third-order valence-electron chi connectivity index (χ3n) is 4.90. The van der Waals surface area contributed by atoms with Gasteiger partial charge < -0.3 is 14.6 Å². The second-order valence-electron chi connectivity index (χ2n) is 7.95. The average molecular weight is 403 g/mol. The topological polar surface area (TPSA) is 55.8 Å². The van der Waals surface area contributed by atoms with Gasteiger partial charge >= 0.3 is 5.97 Å². The Kier molecular flexibility index (Phi) is 6.19. The van der Waals surface area contributed by atoms with Crippen LogP contribution in [0, 0.1) is 0 Å². The highest BCUT2D eigenvalue weighted by Crippen LogP contribution is 2.40. The second-order valence-corrected chi connectivity index (χ2v) is 8.39. The van der Waals surface area contributed by atoms with Crippen LogP contribution in [0.3, 0.4) is 0 Å². The highest BCUT2D eigenvalue weighted by Gasteiger charge is 2.32. The molecule has 0 fully saturated rings. The summed E-state index contributed by atoms with van der Waals surface area (Å²) in [6, 6.07) is 9.77. The van der Waals surface area contributed by atoms with Crippen molar-refractivity contribution in [2.75, 3.05) is 0 Å². The van der Waals surface area contributed by atoms with E-state index in [1.807, 2.05) is 30.3 Å². The molecule has 0 atom stereocenters. The second kappa shape index (κ2) is 8.44. The van der Waals surface area contributed by atoms with Gasteiger partial charge in [0.05, 0.1) is 0 Å². The number of ether oxygens (including phenoxy) is 2. The number of aliphatic carboxylic acids is 1. The van der Waals surface area contributed by atoms with Gasteiger partial charge in [0, 0.05) is 23.4 Å². The van der Waals surface area contributed by atoms with Gasteiger partial charge in [0.2, 0.25) is 0 Å². The molecule has 2 aromatic rings. The highest BCUT2D eigenvalue weighted by molar-refractivity contribution is 6.30. The SMILES string of the molecule is CCCc1cc(OCc2cc(Cl)cc3c2OC(C)(C)C3)ccc1CCC(=O)O. The van der Waals surface area contributed by atoms with Crippen molar-refractivity contribution in [3.05, 3.63) is 57.6 Å². The van der Waals surface area contributed by atoms with E-state index in [1.54, 1.807) is 0 Å². The normalized spacial score (nSPS) is 14.4.